The first kappa shape index (κ1) is 16.8. The molecule has 5 nitrogen and oxygen atoms in total. The van der Waals surface area contributed by atoms with E-state index in [4.69, 9.17) is 4.74 Å². The second-order valence-corrected chi connectivity index (χ2v) is 5.89. The van der Waals surface area contributed by atoms with Gasteiger partial charge in [0.05, 0.1) is 17.5 Å². The maximum atomic E-state index is 12.8. The van der Waals surface area contributed by atoms with Crippen molar-refractivity contribution in [1.82, 2.24) is 4.57 Å². The van der Waals surface area contributed by atoms with E-state index in [1.54, 1.807) is 13.1 Å². The second-order valence-electron chi connectivity index (χ2n) is 4.73. The van der Waals surface area contributed by atoms with E-state index in [-0.39, 0.29) is 17.6 Å². The monoisotopic (exact) mass is 414 g/mol. The first-order valence-electron chi connectivity index (χ1n) is 7.31. The standard InChI is InChI=1S/C16H19IN2O3/c1-4-18-12-8-7-11(17)14-13(12)15(20)10(9-19(14)5-2)16(21)22-6-3/h7-9,18H,4-6H2,1-3H3. The summed E-state index contributed by atoms with van der Waals surface area (Å²) in [6.45, 7) is 7.28. The normalized spacial score (nSPS) is 10.7. The Kier molecular flexibility index (Phi) is 5.44. The number of carbonyl (C=O) groups excluding carboxylic acids is 1. The summed E-state index contributed by atoms with van der Waals surface area (Å²) in [4.78, 5) is 24.9. The second kappa shape index (κ2) is 7.13. The fourth-order valence-corrected chi connectivity index (χ4v) is 3.19. The summed E-state index contributed by atoms with van der Waals surface area (Å²) < 4.78 is 7.91. The lowest BCUT2D eigenvalue weighted by Crippen LogP contribution is -2.22. The quantitative estimate of drug-likeness (QED) is 0.603. The minimum Gasteiger partial charge on any atom is -0.462 e. The van der Waals surface area contributed by atoms with Gasteiger partial charge in [-0.25, -0.2) is 4.79 Å². The van der Waals surface area contributed by atoms with Crippen molar-refractivity contribution >= 4 is 45.2 Å². The molecular weight excluding hydrogens is 395 g/mol. The number of fused-ring (bicyclic) bond motifs is 1. The van der Waals surface area contributed by atoms with Gasteiger partial charge in [0.15, 0.2) is 0 Å². The molecule has 0 spiro atoms. The number of hydrogen-bond donors (Lipinski definition) is 1. The van der Waals surface area contributed by atoms with Gasteiger partial charge in [0.2, 0.25) is 5.43 Å². The lowest BCUT2D eigenvalue weighted by molar-refractivity contribution is 0.0524. The Balaban J connectivity index is 2.87. The Hall–Kier alpha value is -1.57. The first-order chi connectivity index (χ1) is 10.5. The van der Waals surface area contributed by atoms with Crippen LogP contribution in [0.1, 0.15) is 31.1 Å². The van der Waals surface area contributed by atoms with Crippen LogP contribution in [0.5, 0.6) is 0 Å². The van der Waals surface area contributed by atoms with Gasteiger partial charge in [-0.2, -0.15) is 0 Å². The number of aromatic nitrogens is 1. The smallest absolute Gasteiger partial charge is 0.343 e. The lowest BCUT2D eigenvalue weighted by atomic mass is 10.1. The molecule has 118 valence electrons. The van der Waals surface area contributed by atoms with E-state index < -0.39 is 5.97 Å². The average Bonchev–Trinajstić information content (AvgIpc) is 2.50. The number of nitrogens with one attached hydrogen (secondary N) is 1. The van der Waals surface area contributed by atoms with Crippen molar-refractivity contribution in [3.05, 3.63) is 37.7 Å². The van der Waals surface area contributed by atoms with Crippen LogP contribution in [-0.2, 0) is 11.3 Å². The molecule has 1 aromatic heterocycles. The molecule has 2 aromatic rings. The molecule has 2 rings (SSSR count). The van der Waals surface area contributed by atoms with Crippen LogP contribution in [-0.4, -0.2) is 23.7 Å². The summed E-state index contributed by atoms with van der Waals surface area (Å²) in [5.74, 6) is -0.571. The number of anilines is 1. The summed E-state index contributed by atoms with van der Waals surface area (Å²) in [5.41, 5.74) is 1.39. The highest BCUT2D eigenvalue weighted by Crippen LogP contribution is 2.26. The molecule has 1 heterocycles. The van der Waals surface area contributed by atoms with Crippen LogP contribution in [0.25, 0.3) is 10.9 Å². The molecule has 22 heavy (non-hydrogen) atoms. The number of halogens is 1. The Bertz CT molecular complexity index is 768. The van der Waals surface area contributed by atoms with E-state index >= 15 is 0 Å². The Morgan fingerprint density at radius 3 is 2.64 bits per heavy atom. The van der Waals surface area contributed by atoms with Gasteiger partial charge < -0.3 is 14.6 Å². The highest BCUT2D eigenvalue weighted by Gasteiger charge is 2.19. The third kappa shape index (κ3) is 2.97. The largest absolute Gasteiger partial charge is 0.462 e. The molecule has 0 unspecified atom stereocenters. The van der Waals surface area contributed by atoms with E-state index in [9.17, 15) is 9.59 Å². The Morgan fingerprint density at radius 1 is 1.32 bits per heavy atom. The zero-order valence-corrected chi connectivity index (χ0v) is 15.1. The van der Waals surface area contributed by atoms with E-state index in [1.165, 1.54) is 0 Å². The van der Waals surface area contributed by atoms with Crippen LogP contribution in [0.15, 0.2) is 23.1 Å². The number of rotatable bonds is 5. The van der Waals surface area contributed by atoms with E-state index in [1.807, 2.05) is 30.5 Å². The van der Waals surface area contributed by atoms with E-state index in [0.29, 0.717) is 18.5 Å². The molecule has 0 aliphatic rings. The molecule has 0 saturated carbocycles. The fraction of sp³-hybridized carbons (Fsp3) is 0.375. The van der Waals surface area contributed by atoms with Crippen molar-refractivity contribution in [3.63, 3.8) is 0 Å². The van der Waals surface area contributed by atoms with Crippen LogP contribution in [0.4, 0.5) is 5.69 Å². The van der Waals surface area contributed by atoms with Crippen LogP contribution in [0.2, 0.25) is 0 Å². The van der Waals surface area contributed by atoms with Gasteiger partial charge >= 0.3 is 5.97 Å². The van der Waals surface area contributed by atoms with Crippen LogP contribution in [0, 0.1) is 3.57 Å². The number of aryl methyl sites for hydroxylation is 1. The third-order valence-corrected chi connectivity index (χ3v) is 4.25. The maximum absolute atomic E-state index is 12.8. The molecule has 0 aliphatic carbocycles. The van der Waals surface area contributed by atoms with Crippen molar-refractivity contribution in [2.45, 2.75) is 27.3 Å². The average molecular weight is 414 g/mol. The van der Waals surface area contributed by atoms with E-state index in [0.717, 1.165) is 14.8 Å². The molecule has 1 aromatic carbocycles. The van der Waals surface area contributed by atoms with Crippen molar-refractivity contribution in [2.24, 2.45) is 0 Å². The molecule has 0 saturated heterocycles. The minimum atomic E-state index is -0.571. The molecule has 0 amide bonds. The number of esters is 1. The topological polar surface area (TPSA) is 60.3 Å². The fourth-order valence-electron chi connectivity index (χ4n) is 2.43. The zero-order chi connectivity index (χ0) is 16.3. The van der Waals surface area contributed by atoms with Crippen molar-refractivity contribution in [3.8, 4) is 0 Å². The molecule has 1 N–H and O–H groups in total. The number of hydrogen-bond acceptors (Lipinski definition) is 4. The SMILES string of the molecule is CCNc1ccc(I)c2c1c(=O)c(C(=O)OCC)cn2CC. The molecular formula is C16H19IN2O3. The number of pyridine rings is 1. The molecule has 0 fully saturated rings. The van der Waals surface area contributed by atoms with Crippen LogP contribution >= 0.6 is 22.6 Å². The third-order valence-electron chi connectivity index (χ3n) is 3.38. The Morgan fingerprint density at radius 2 is 2.05 bits per heavy atom. The molecule has 0 aliphatic heterocycles. The molecule has 0 atom stereocenters. The van der Waals surface area contributed by atoms with Gasteiger partial charge in [-0.15, -0.1) is 0 Å². The van der Waals surface area contributed by atoms with Crippen molar-refractivity contribution < 1.29 is 9.53 Å². The van der Waals surface area contributed by atoms with Crippen molar-refractivity contribution in [1.29, 1.82) is 0 Å². The molecule has 0 radical (unpaired) electrons. The predicted octanol–water partition coefficient (Wildman–Crippen LogP) is 3.23. The van der Waals surface area contributed by atoms with Gasteiger partial charge in [0.1, 0.15) is 5.56 Å². The highest BCUT2D eigenvalue weighted by molar-refractivity contribution is 14.1. The summed E-state index contributed by atoms with van der Waals surface area (Å²) in [7, 11) is 0. The lowest BCUT2D eigenvalue weighted by Gasteiger charge is -2.15. The van der Waals surface area contributed by atoms with Gasteiger partial charge in [-0.05, 0) is 55.5 Å². The maximum Gasteiger partial charge on any atom is 0.343 e. The van der Waals surface area contributed by atoms with Gasteiger partial charge in [-0.1, -0.05) is 0 Å². The number of carbonyl (C=O) groups is 1. The summed E-state index contributed by atoms with van der Waals surface area (Å²) in [5, 5.41) is 3.74. The highest BCUT2D eigenvalue weighted by atomic mass is 127. The Labute approximate surface area is 142 Å². The molecule has 6 heteroatoms. The van der Waals surface area contributed by atoms with E-state index in [2.05, 4.69) is 27.9 Å². The summed E-state index contributed by atoms with van der Waals surface area (Å²) in [6.07, 6.45) is 1.60. The first-order valence-corrected chi connectivity index (χ1v) is 8.39. The van der Waals surface area contributed by atoms with Crippen LogP contribution in [0.3, 0.4) is 0 Å². The van der Waals surface area contributed by atoms with Gasteiger partial charge in [-0.3, -0.25) is 4.79 Å². The summed E-state index contributed by atoms with van der Waals surface area (Å²) >= 11 is 2.21. The number of benzene rings is 1. The number of ether oxygens (including phenoxy) is 1. The minimum absolute atomic E-state index is 0.0809. The predicted molar refractivity (Wildman–Crippen MR) is 96.7 cm³/mol. The van der Waals surface area contributed by atoms with Gasteiger partial charge in [0, 0.05) is 28.5 Å². The van der Waals surface area contributed by atoms with Gasteiger partial charge in [0.25, 0.3) is 0 Å². The molecule has 0 bridgehead atoms. The van der Waals surface area contributed by atoms with Crippen molar-refractivity contribution in [2.75, 3.05) is 18.5 Å². The zero-order valence-electron chi connectivity index (χ0n) is 12.9. The van der Waals surface area contributed by atoms with Crippen LogP contribution < -0.4 is 10.7 Å². The summed E-state index contributed by atoms with van der Waals surface area (Å²) in [6, 6.07) is 3.85. The number of nitrogens with zero attached hydrogens (tertiary/aromatic N) is 1.